The molecule has 1 rings (SSSR count). The van der Waals surface area contributed by atoms with Gasteiger partial charge in [0.15, 0.2) is 6.61 Å². The first kappa shape index (κ1) is 16.0. The van der Waals surface area contributed by atoms with Gasteiger partial charge in [0.05, 0.1) is 0 Å². The third-order valence-corrected chi connectivity index (χ3v) is 3.43. The van der Waals surface area contributed by atoms with E-state index in [4.69, 9.17) is 10.5 Å². The molecule has 0 aliphatic carbocycles. The van der Waals surface area contributed by atoms with Crippen LogP contribution < -0.4 is 10.5 Å². The van der Waals surface area contributed by atoms with Crippen LogP contribution in [0, 0.1) is 6.92 Å². The highest BCUT2D eigenvalue weighted by Gasteiger charge is 2.12. The second kappa shape index (κ2) is 7.50. The number of aryl methyl sites for hydroxylation is 1. The first-order valence-electron chi connectivity index (χ1n) is 6.35. The summed E-state index contributed by atoms with van der Waals surface area (Å²) in [4.78, 5) is 13.4. The van der Waals surface area contributed by atoms with Gasteiger partial charge in [-0.2, -0.15) is 0 Å². The van der Waals surface area contributed by atoms with Crippen LogP contribution in [0.3, 0.4) is 0 Å². The Kier molecular flexibility index (Phi) is 6.31. The van der Waals surface area contributed by atoms with Crippen molar-refractivity contribution in [2.45, 2.75) is 20.3 Å². The number of rotatable bonds is 6. The van der Waals surface area contributed by atoms with Crippen molar-refractivity contribution in [3.8, 4) is 5.75 Å². The summed E-state index contributed by atoms with van der Waals surface area (Å²) < 4.78 is 6.69. The maximum absolute atomic E-state index is 11.8. The first-order valence-corrected chi connectivity index (χ1v) is 7.14. The van der Waals surface area contributed by atoms with Crippen molar-refractivity contribution in [1.82, 2.24) is 4.90 Å². The van der Waals surface area contributed by atoms with Gasteiger partial charge in [-0.15, -0.1) is 0 Å². The maximum atomic E-state index is 11.8. The lowest BCUT2D eigenvalue weighted by atomic mass is 10.1. The van der Waals surface area contributed by atoms with Crippen LogP contribution in [0.5, 0.6) is 5.75 Å². The molecule has 0 atom stereocenters. The summed E-state index contributed by atoms with van der Waals surface area (Å²) in [6.45, 7) is 5.19. The molecule has 0 aromatic heterocycles. The summed E-state index contributed by atoms with van der Waals surface area (Å²) in [6.07, 6.45) is 0.730. The van der Waals surface area contributed by atoms with Crippen LogP contribution in [0.1, 0.15) is 18.1 Å². The van der Waals surface area contributed by atoms with E-state index in [-0.39, 0.29) is 12.5 Å². The van der Waals surface area contributed by atoms with Gasteiger partial charge < -0.3 is 15.4 Å². The van der Waals surface area contributed by atoms with Crippen LogP contribution in [0.15, 0.2) is 16.6 Å². The van der Waals surface area contributed by atoms with E-state index in [9.17, 15) is 4.79 Å². The fourth-order valence-electron chi connectivity index (χ4n) is 1.77. The van der Waals surface area contributed by atoms with Gasteiger partial charge in [0.2, 0.25) is 0 Å². The normalized spacial score (nSPS) is 10.4. The molecule has 0 saturated heterocycles. The molecule has 0 unspecified atom stereocenters. The van der Waals surface area contributed by atoms with Crippen molar-refractivity contribution in [2.24, 2.45) is 5.73 Å². The third kappa shape index (κ3) is 4.51. The Morgan fingerprint density at radius 2 is 2.16 bits per heavy atom. The van der Waals surface area contributed by atoms with Crippen molar-refractivity contribution >= 4 is 21.8 Å². The number of likely N-dealkylation sites (N-methyl/N-ethyl adjacent to an activating group) is 1. The summed E-state index contributed by atoms with van der Waals surface area (Å²) in [7, 11) is 1.76. The van der Waals surface area contributed by atoms with Crippen LogP contribution in [0.2, 0.25) is 0 Å². The average molecular weight is 329 g/mol. The molecule has 1 amide bonds. The summed E-state index contributed by atoms with van der Waals surface area (Å²) in [6, 6.07) is 3.96. The number of hydrogen-bond acceptors (Lipinski definition) is 3. The zero-order chi connectivity index (χ0) is 14.4. The molecular weight excluding hydrogens is 308 g/mol. The predicted molar refractivity (Wildman–Crippen MR) is 80.4 cm³/mol. The molecule has 2 N–H and O–H groups in total. The second-order valence-electron chi connectivity index (χ2n) is 4.45. The highest BCUT2D eigenvalue weighted by Crippen LogP contribution is 2.28. The monoisotopic (exact) mass is 328 g/mol. The van der Waals surface area contributed by atoms with E-state index in [0.29, 0.717) is 13.1 Å². The largest absolute Gasteiger partial charge is 0.483 e. The van der Waals surface area contributed by atoms with E-state index in [1.165, 1.54) is 0 Å². The van der Waals surface area contributed by atoms with Gasteiger partial charge in [-0.3, -0.25) is 4.79 Å². The number of nitrogens with zero attached hydrogens (tertiary/aromatic N) is 1. The van der Waals surface area contributed by atoms with E-state index < -0.39 is 0 Å². The fourth-order valence-corrected chi connectivity index (χ4v) is 2.39. The van der Waals surface area contributed by atoms with E-state index in [2.05, 4.69) is 15.9 Å². The summed E-state index contributed by atoms with van der Waals surface area (Å²) in [5.41, 5.74) is 7.64. The van der Waals surface area contributed by atoms with E-state index in [1.54, 1.807) is 11.9 Å². The Bertz CT molecular complexity index is 449. The van der Waals surface area contributed by atoms with Gasteiger partial charge in [-0.05, 0) is 50.1 Å². The topological polar surface area (TPSA) is 55.6 Å². The molecule has 106 valence electrons. The Morgan fingerprint density at radius 1 is 1.47 bits per heavy atom. The highest BCUT2D eigenvalue weighted by atomic mass is 79.9. The summed E-state index contributed by atoms with van der Waals surface area (Å²) in [5, 5.41) is 0. The number of amides is 1. The number of carbonyl (C=O) groups is 1. The Balaban J connectivity index is 2.85. The van der Waals surface area contributed by atoms with Gasteiger partial charge in [-0.25, -0.2) is 0 Å². The molecule has 19 heavy (non-hydrogen) atoms. The minimum Gasteiger partial charge on any atom is -0.483 e. The molecule has 1 aromatic rings. The number of nitrogens with two attached hydrogens (primary N) is 1. The number of halogens is 1. The minimum absolute atomic E-state index is 0.0245. The first-order chi connectivity index (χ1) is 8.99. The van der Waals surface area contributed by atoms with Crippen LogP contribution in [-0.2, 0) is 11.2 Å². The van der Waals surface area contributed by atoms with Gasteiger partial charge in [-0.1, -0.05) is 15.9 Å². The molecule has 4 nitrogen and oxygen atoms in total. The van der Waals surface area contributed by atoms with Crippen LogP contribution in [0.25, 0.3) is 0 Å². The highest BCUT2D eigenvalue weighted by molar-refractivity contribution is 9.10. The predicted octanol–water partition coefficient (Wildman–Crippen LogP) is 2.12. The molecule has 5 heteroatoms. The van der Waals surface area contributed by atoms with Gasteiger partial charge in [0.25, 0.3) is 5.91 Å². The lowest BCUT2D eigenvalue weighted by molar-refractivity contribution is -0.131. The number of hydrogen-bond donors (Lipinski definition) is 1. The summed E-state index contributed by atoms with van der Waals surface area (Å²) in [5.74, 6) is 0.745. The number of carbonyl (C=O) groups excluding carboxylic acids is 1. The average Bonchev–Trinajstić information content (AvgIpc) is 2.36. The number of ether oxygens (including phenoxy) is 1. The molecule has 0 aliphatic rings. The number of benzene rings is 1. The van der Waals surface area contributed by atoms with Crippen LogP contribution in [-0.4, -0.2) is 37.6 Å². The van der Waals surface area contributed by atoms with Crippen molar-refractivity contribution < 1.29 is 9.53 Å². The SMILES string of the molecule is CCN(C)C(=O)COc1c(C)cc(Br)cc1CCN. The molecule has 0 fully saturated rings. The van der Waals surface area contributed by atoms with E-state index in [0.717, 1.165) is 27.8 Å². The maximum Gasteiger partial charge on any atom is 0.260 e. The molecule has 0 spiro atoms. The van der Waals surface area contributed by atoms with Crippen molar-refractivity contribution in [1.29, 1.82) is 0 Å². The van der Waals surface area contributed by atoms with E-state index >= 15 is 0 Å². The lowest BCUT2D eigenvalue weighted by Crippen LogP contribution is -2.31. The molecule has 0 bridgehead atoms. The van der Waals surface area contributed by atoms with Gasteiger partial charge in [0, 0.05) is 18.1 Å². The Labute approximate surface area is 123 Å². The zero-order valence-corrected chi connectivity index (χ0v) is 13.3. The lowest BCUT2D eigenvalue weighted by Gasteiger charge is -2.18. The molecule has 0 aliphatic heterocycles. The third-order valence-electron chi connectivity index (χ3n) is 2.97. The zero-order valence-electron chi connectivity index (χ0n) is 11.7. The van der Waals surface area contributed by atoms with Crippen LogP contribution >= 0.6 is 15.9 Å². The smallest absolute Gasteiger partial charge is 0.260 e. The fraction of sp³-hybridized carbons (Fsp3) is 0.500. The van der Waals surface area contributed by atoms with Crippen molar-refractivity contribution in [3.63, 3.8) is 0 Å². The Hall–Kier alpha value is -1.07. The van der Waals surface area contributed by atoms with E-state index in [1.807, 2.05) is 26.0 Å². The molecule has 0 heterocycles. The molecular formula is C14H21BrN2O2. The van der Waals surface area contributed by atoms with Crippen molar-refractivity contribution in [2.75, 3.05) is 26.7 Å². The summed E-state index contributed by atoms with van der Waals surface area (Å²) >= 11 is 3.46. The standard InChI is InChI=1S/C14H21BrN2O2/c1-4-17(3)13(18)9-19-14-10(2)7-12(15)8-11(14)5-6-16/h7-8H,4-6,9,16H2,1-3H3. The van der Waals surface area contributed by atoms with Crippen molar-refractivity contribution in [3.05, 3.63) is 27.7 Å². The molecule has 0 radical (unpaired) electrons. The molecule has 1 aromatic carbocycles. The second-order valence-corrected chi connectivity index (χ2v) is 5.36. The quantitative estimate of drug-likeness (QED) is 0.870. The van der Waals surface area contributed by atoms with Crippen LogP contribution in [0.4, 0.5) is 0 Å². The minimum atomic E-state index is -0.0245. The molecule has 0 saturated carbocycles. The van der Waals surface area contributed by atoms with Gasteiger partial charge >= 0.3 is 0 Å². The van der Waals surface area contributed by atoms with Gasteiger partial charge in [0.1, 0.15) is 5.75 Å². The Morgan fingerprint density at radius 3 is 2.74 bits per heavy atom.